The van der Waals surface area contributed by atoms with Crippen LogP contribution in [0.1, 0.15) is 6.23 Å². The molecule has 1 aromatic heterocycles. The van der Waals surface area contributed by atoms with Gasteiger partial charge in [-0.3, -0.25) is 4.57 Å². The third kappa shape index (κ3) is 1.93. The third-order valence-electron chi connectivity index (χ3n) is 2.53. The molecule has 0 amide bonds. The van der Waals surface area contributed by atoms with Crippen LogP contribution in [0.25, 0.3) is 0 Å². The number of nitrogens with two attached hydrogens (primary N) is 1. The summed E-state index contributed by atoms with van der Waals surface area (Å²) < 4.78 is 6.34. The van der Waals surface area contributed by atoms with Gasteiger partial charge >= 0.3 is 5.69 Å². The highest BCUT2D eigenvalue weighted by atomic mass is 16.5. The van der Waals surface area contributed by atoms with Gasteiger partial charge in [-0.05, 0) is 0 Å². The van der Waals surface area contributed by atoms with Crippen LogP contribution in [-0.2, 0) is 4.74 Å². The van der Waals surface area contributed by atoms with Gasteiger partial charge in [0.25, 0.3) is 0 Å². The van der Waals surface area contributed by atoms with Crippen LogP contribution >= 0.6 is 0 Å². The predicted octanol–water partition coefficient (Wildman–Crippen LogP) is -1.97. The molecule has 4 N–H and O–H groups in total. The van der Waals surface area contributed by atoms with Gasteiger partial charge in [0.1, 0.15) is 18.5 Å². The van der Waals surface area contributed by atoms with Crippen molar-refractivity contribution in [3.8, 4) is 0 Å². The standard InChI is InChI=1S/C9H12N4O4/c1-4-6(15)5(2-14)17-7(4)13-3-11-8(10)12-9(13)16/h3,5-7,14-15H,1-2H2,(H2,10,12,16)/t5-,6+,7-/m1/s1. The molecule has 3 atom stereocenters. The monoisotopic (exact) mass is 240 g/mol. The van der Waals surface area contributed by atoms with Crippen molar-refractivity contribution in [3.63, 3.8) is 0 Å². The van der Waals surface area contributed by atoms with Crippen LogP contribution in [0.2, 0.25) is 0 Å². The van der Waals surface area contributed by atoms with Gasteiger partial charge in [-0.15, -0.1) is 0 Å². The molecule has 92 valence electrons. The van der Waals surface area contributed by atoms with E-state index < -0.39 is 24.1 Å². The summed E-state index contributed by atoms with van der Waals surface area (Å²) in [5, 5.41) is 18.6. The summed E-state index contributed by atoms with van der Waals surface area (Å²) in [5.41, 5.74) is 4.86. The van der Waals surface area contributed by atoms with Gasteiger partial charge in [-0.2, -0.15) is 4.98 Å². The minimum atomic E-state index is -1.03. The van der Waals surface area contributed by atoms with Crippen LogP contribution in [-0.4, -0.2) is 43.6 Å². The topological polar surface area (TPSA) is 123 Å². The maximum atomic E-state index is 11.5. The van der Waals surface area contributed by atoms with E-state index >= 15 is 0 Å². The van der Waals surface area contributed by atoms with Gasteiger partial charge in [-0.1, -0.05) is 6.58 Å². The van der Waals surface area contributed by atoms with E-state index in [1.54, 1.807) is 0 Å². The molecule has 0 bridgehead atoms. The minimum Gasteiger partial charge on any atom is -0.394 e. The van der Waals surface area contributed by atoms with Gasteiger partial charge in [0.2, 0.25) is 5.95 Å². The van der Waals surface area contributed by atoms with Gasteiger partial charge in [0, 0.05) is 5.57 Å². The zero-order valence-electron chi connectivity index (χ0n) is 8.85. The van der Waals surface area contributed by atoms with E-state index in [2.05, 4.69) is 16.5 Å². The molecule has 0 aliphatic carbocycles. The van der Waals surface area contributed by atoms with E-state index in [1.165, 1.54) is 0 Å². The number of nitrogen functional groups attached to an aromatic ring is 1. The molecule has 8 heteroatoms. The predicted molar refractivity (Wildman–Crippen MR) is 56.8 cm³/mol. The Hall–Kier alpha value is -1.77. The number of ether oxygens (including phenoxy) is 1. The van der Waals surface area contributed by atoms with E-state index in [0.29, 0.717) is 0 Å². The molecule has 1 aliphatic rings. The first-order valence-corrected chi connectivity index (χ1v) is 4.88. The highest BCUT2D eigenvalue weighted by Gasteiger charge is 2.38. The summed E-state index contributed by atoms with van der Waals surface area (Å²) in [6.07, 6.45) is -1.57. The first-order valence-electron chi connectivity index (χ1n) is 4.88. The molecule has 0 aromatic carbocycles. The van der Waals surface area contributed by atoms with E-state index in [-0.39, 0.29) is 18.1 Å². The second-order valence-electron chi connectivity index (χ2n) is 3.63. The third-order valence-corrected chi connectivity index (χ3v) is 2.53. The Balaban J connectivity index is 2.35. The van der Waals surface area contributed by atoms with Gasteiger partial charge < -0.3 is 20.7 Å². The highest BCUT2D eigenvalue weighted by Crippen LogP contribution is 2.31. The fraction of sp³-hybridized carbons (Fsp3) is 0.444. The maximum absolute atomic E-state index is 11.5. The van der Waals surface area contributed by atoms with Crippen LogP contribution in [0.3, 0.4) is 0 Å². The number of hydrogen-bond donors (Lipinski definition) is 3. The molecule has 17 heavy (non-hydrogen) atoms. The zero-order chi connectivity index (χ0) is 12.6. The molecule has 1 aliphatic heterocycles. The summed E-state index contributed by atoms with van der Waals surface area (Å²) >= 11 is 0. The van der Waals surface area contributed by atoms with Crippen molar-refractivity contribution in [1.29, 1.82) is 0 Å². The van der Waals surface area contributed by atoms with Crippen molar-refractivity contribution in [1.82, 2.24) is 14.5 Å². The number of hydrogen-bond acceptors (Lipinski definition) is 7. The first kappa shape index (κ1) is 11.7. The zero-order valence-corrected chi connectivity index (χ0v) is 8.85. The number of rotatable bonds is 2. The molecule has 0 spiro atoms. The van der Waals surface area contributed by atoms with E-state index in [1.807, 2.05) is 0 Å². The molecule has 1 aromatic rings. The maximum Gasteiger partial charge on any atom is 0.354 e. The fourth-order valence-electron chi connectivity index (χ4n) is 1.62. The van der Waals surface area contributed by atoms with E-state index in [4.69, 9.17) is 15.6 Å². The molecule has 0 unspecified atom stereocenters. The number of nitrogens with zero attached hydrogens (tertiary/aromatic N) is 3. The second-order valence-corrected chi connectivity index (χ2v) is 3.63. The Bertz CT molecular complexity index is 500. The summed E-state index contributed by atoms with van der Waals surface area (Å²) in [6, 6.07) is 0. The second kappa shape index (κ2) is 4.24. The summed E-state index contributed by atoms with van der Waals surface area (Å²) in [5.74, 6) is -0.144. The van der Waals surface area contributed by atoms with E-state index in [0.717, 1.165) is 10.9 Å². The average Bonchev–Trinajstić information content (AvgIpc) is 2.57. The molecule has 0 saturated carbocycles. The molecule has 2 heterocycles. The minimum absolute atomic E-state index is 0.144. The lowest BCUT2D eigenvalue weighted by Gasteiger charge is -2.13. The van der Waals surface area contributed by atoms with Crippen molar-refractivity contribution in [2.24, 2.45) is 0 Å². The molecular formula is C9H12N4O4. The van der Waals surface area contributed by atoms with Crippen LogP contribution in [0.4, 0.5) is 5.95 Å². The molecule has 2 rings (SSSR count). The number of aliphatic hydroxyl groups is 2. The van der Waals surface area contributed by atoms with Crippen LogP contribution in [0.5, 0.6) is 0 Å². The SMILES string of the molecule is C=C1[C@H](n2cnc(N)nc2=O)O[C@H](CO)[C@H]1O. The molecule has 1 fully saturated rings. The van der Waals surface area contributed by atoms with Gasteiger partial charge in [0.15, 0.2) is 6.23 Å². The quantitative estimate of drug-likeness (QED) is 0.512. The molecule has 8 nitrogen and oxygen atoms in total. The largest absolute Gasteiger partial charge is 0.394 e. The van der Waals surface area contributed by atoms with Crippen LogP contribution < -0.4 is 11.4 Å². The summed E-state index contributed by atoms with van der Waals surface area (Å²) in [4.78, 5) is 18.6. The lowest BCUT2D eigenvalue weighted by molar-refractivity contribution is -0.0450. The average molecular weight is 240 g/mol. The smallest absolute Gasteiger partial charge is 0.354 e. The molecule has 0 radical (unpaired) electrons. The highest BCUT2D eigenvalue weighted by molar-refractivity contribution is 5.16. The Morgan fingerprint density at radius 3 is 2.88 bits per heavy atom. The van der Waals surface area contributed by atoms with Crippen molar-refractivity contribution in [3.05, 3.63) is 29.0 Å². The van der Waals surface area contributed by atoms with Crippen LogP contribution in [0, 0.1) is 0 Å². The number of aliphatic hydroxyl groups excluding tert-OH is 2. The lowest BCUT2D eigenvalue weighted by atomic mass is 10.1. The Labute approximate surface area is 96.0 Å². The number of anilines is 1. The van der Waals surface area contributed by atoms with Crippen molar-refractivity contribution in [2.75, 3.05) is 12.3 Å². The first-order chi connectivity index (χ1) is 8.04. The Morgan fingerprint density at radius 1 is 1.65 bits per heavy atom. The van der Waals surface area contributed by atoms with Crippen LogP contribution in [0.15, 0.2) is 23.3 Å². The Kier molecular flexibility index (Phi) is 2.92. The van der Waals surface area contributed by atoms with Gasteiger partial charge in [-0.25, -0.2) is 9.78 Å². The Morgan fingerprint density at radius 2 is 2.35 bits per heavy atom. The molecular weight excluding hydrogens is 228 g/mol. The lowest BCUT2D eigenvalue weighted by Crippen LogP contribution is -2.29. The van der Waals surface area contributed by atoms with Crippen molar-refractivity contribution in [2.45, 2.75) is 18.4 Å². The van der Waals surface area contributed by atoms with Crippen molar-refractivity contribution < 1.29 is 14.9 Å². The summed E-state index contributed by atoms with van der Waals surface area (Å²) in [7, 11) is 0. The van der Waals surface area contributed by atoms with Gasteiger partial charge in [0.05, 0.1) is 6.61 Å². The number of aromatic nitrogens is 3. The van der Waals surface area contributed by atoms with Crippen molar-refractivity contribution >= 4 is 5.95 Å². The summed E-state index contributed by atoms with van der Waals surface area (Å²) in [6.45, 7) is 3.25. The normalized spacial score (nSPS) is 28.6. The van der Waals surface area contributed by atoms with E-state index in [9.17, 15) is 9.90 Å². The fourth-order valence-corrected chi connectivity index (χ4v) is 1.62. The molecule has 1 saturated heterocycles.